The molecular weight excluding hydrogens is 277 g/mol. The SMILES string of the molecule is CCCN(CC(=O)O)C(=O)Nc1cc(F)c(F)c(F)c1. The van der Waals surface area contributed by atoms with Crippen LogP contribution >= 0.6 is 0 Å². The predicted molar refractivity (Wildman–Crippen MR) is 64.8 cm³/mol. The quantitative estimate of drug-likeness (QED) is 0.818. The first kappa shape index (κ1) is 15.8. The molecule has 0 saturated heterocycles. The summed E-state index contributed by atoms with van der Waals surface area (Å²) in [6.45, 7) is 1.34. The minimum absolute atomic E-state index is 0.157. The van der Waals surface area contributed by atoms with Gasteiger partial charge in [-0.3, -0.25) is 4.79 Å². The Balaban J connectivity index is 2.84. The van der Waals surface area contributed by atoms with E-state index in [4.69, 9.17) is 5.11 Å². The minimum atomic E-state index is -1.64. The first-order valence-corrected chi connectivity index (χ1v) is 5.77. The van der Waals surface area contributed by atoms with Crippen LogP contribution in [0.2, 0.25) is 0 Å². The molecule has 0 radical (unpaired) electrons. The van der Waals surface area contributed by atoms with E-state index < -0.39 is 36.0 Å². The second-order valence-electron chi connectivity index (χ2n) is 4.00. The van der Waals surface area contributed by atoms with Crippen LogP contribution in [0.3, 0.4) is 0 Å². The number of hydrogen-bond donors (Lipinski definition) is 2. The number of nitrogens with one attached hydrogen (secondary N) is 1. The zero-order valence-corrected chi connectivity index (χ0v) is 10.6. The van der Waals surface area contributed by atoms with E-state index in [1.165, 1.54) is 0 Å². The Labute approximate surface area is 113 Å². The number of nitrogens with zero attached hydrogens (tertiary/aromatic N) is 1. The number of halogens is 3. The summed E-state index contributed by atoms with van der Waals surface area (Å²) < 4.78 is 38.7. The van der Waals surface area contributed by atoms with E-state index in [1.54, 1.807) is 6.92 Å². The molecular formula is C12H13F3N2O3. The van der Waals surface area contributed by atoms with Crippen molar-refractivity contribution in [3.63, 3.8) is 0 Å². The van der Waals surface area contributed by atoms with Gasteiger partial charge in [-0.2, -0.15) is 0 Å². The van der Waals surface area contributed by atoms with Crippen molar-refractivity contribution in [3.05, 3.63) is 29.6 Å². The lowest BCUT2D eigenvalue weighted by Gasteiger charge is -2.20. The maximum Gasteiger partial charge on any atom is 0.323 e. The lowest BCUT2D eigenvalue weighted by atomic mass is 10.3. The highest BCUT2D eigenvalue weighted by molar-refractivity contribution is 5.91. The number of anilines is 1. The molecule has 2 N–H and O–H groups in total. The first-order chi connectivity index (χ1) is 9.35. The molecule has 0 aliphatic rings. The van der Waals surface area contributed by atoms with Crippen molar-refractivity contribution in [2.45, 2.75) is 13.3 Å². The monoisotopic (exact) mass is 290 g/mol. The molecule has 0 aliphatic carbocycles. The number of hydrogen-bond acceptors (Lipinski definition) is 2. The molecule has 1 rings (SSSR count). The van der Waals surface area contributed by atoms with Crippen molar-refractivity contribution in [1.82, 2.24) is 4.90 Å². The van der Waals surface area contributed by atoms with Gasteiger partial charge in [-0.25, -0.2) is 18.0 Å². The van der Waals surface area contributed by atoms with Crippen molar-refractivity contribution in [3.8, 4) is 0 Å². The van der Waals surface area contributed by atoms with E-state index in [0.29, 0.717) is 18.6 Å². The van der Waals surface area contributed by atoms with Gasteiger partial charge in [0.15, 0.2) is 17.5 Å². The van der Waals surface area contributed by atoms with Crippen LogP contribution in [0.25, 0.3) is 0 Å². The number of aliphatic carboxylic acids is 1. The molecule has 0 heterocycles. The van der Waals surface area contributed by atoms with Crippen LogP contribution in [0.5, 0.6) is 0 Å². The fraction of sp³-hybridized carbons (Fsp3) is 0.333. The van der Waals surface area contributed by atoms with Crippen LogP contribution < -0.4 is 5.32 Å². The summed E-state index contributed by atoms with van der Waals surface area (Å²) in [5.41, 5.74) is -0.294. The Morgan fingerprint density at radius 2 is 1.80 bits per heavy atom. The molecule has 1 aromatic rings. The summed E-state index contributed by atoms with van der Waals surface area (Å²) in [5.74, 6) is -5.75. The van der Waals surface area contributed by atoms with Gasteiger partial charge in [0.25, 0.3) is 0 Å². The molecule has 8 heteroatoms. The van der Waals surface area contributed by atoms with Crippen LogP contribution in [0, 0.1) is 17.5 Å². The fourth-order valence-electron chi connectivity index (χ4n) is 1.52. The Hall–Kier alpha value is -2.25. The average molecular weight is 290 g/mol. The molecule has 0 unspecified atom stereocenters. The van der Waals surface area contributed by atoms with E-state index in [9.17, 15) is 22.8 Å². The van der Waals surface area contributed by atoms with Gasteiger partial charge in [-0.1, -0.05) is 6.92 Å². The van der Waals surface area contributed by atoms with E-state index in [1.807, 2.05) is 0 Å². The van der Waals surface area contributed by atoms with E-state index in [2.05, 4.69) is 5.32 Å². The maximum atomic E-state index is 13.0. The van der Waals surface area contributed by atoms with Gasteiger partial charge in [0.2, 0.25) is 0 Å². The van der Waals surface area contributed by atoms with Crippen molar-refractivity contribution in [1.29, 1.82) is 0 Å². The highest BCUT2D eigenvalue weighted by Crippen LogP contribution is 2.17. The number of carboxylic acid groups (broad SMARTS) is 1. The highest BCUT2D eigenvalue weighted by atomic mass is 19.2. The molecule has 0 fully saturated rings. The zero-order chi connectivity index (χ0) is 15.3. The number of carboxylic acids is 1. The number of amides is 2. The van der Waals surface area contributed by atoms with Gasteiger partial charge >= 0.3 is 12.0 Å². The van der Waals surface area contributed by atoms with Crippen LogP contribution in [0.15, 0.2) is 12.1 Å². The number of rotatable bonds is 5. The van der Waals surface area contributed by atoms with Crippen LogP contribution in [-0.2, 0) is 4.79 Å². The molecule has 0 atom stereocenters. The highest BCUT2D eigenvalue weighted by Gasteiger charge is 2.18. The van der Waals surface area contributed by atoms with Crippen molar-refractivity contribution in [2.24, 2.45) is 0 Å². The van der Waals surface area contributed by atoms with Gasteiger partial charge in [-0.05, 0) is 6.42 Å². The molecule has 0 aliphatic heterocycles. The third-order valence-corrected chi connectivity index (χ3v) is 2.34. The van der Waals surface area contributed by atoms with Gasteiger partial charge in [0.05, 0.1) is 0 Å². The summed E-state index contributed by atoms with van der Waals surface area (Å²) >= 11 is 0. The molecule has 0 bridgehead atoms. The third kappa shape index (κ3) is 4.15. The first-order valence-electron chi connectivity index (χ1n) is 5.77. The number of carbonyl (C=O) groups excluding carboxylic acids is 1. The van der Waals surface area contributed by atoms with E-state index >= 15 is 0 Å². The molecule has 110 valence electrons. The summed E-state index contributed by atoms with van der Waals surface area (Å²) in [6.07, 6.45) is 0.507. The summed E-state index contributed by atoms with van der Waals surface area (Å²) in [5, 5.41) is 10.8. The lowest BCUT2D eigenvalue weighted by Crippen LogP contribution is -2.39. The van der Waals surface area contributed by atoms with Crippen molar-refractivity contribution in [2.75, 3.05) is 18.4 Å². The Morgan fingerprint density at radius 1 is 1.25 bits per heavy atom. The van der Waals surface area contributed by atoms with Gasteiger partial charge in [-0.15, -0.1) is 0 Å². The topological polar surface area (TPSA) is 69.6 Å². The summed E-state index contributed by atoms with van der Waals surface area (Å²) in [7, 11) is 0. The number of carbonyl (C=O) groups is 2. The number of urea groups is 1. The van der Waals surface area contributed by atoms with Crippen molar-refractivity contribution < 1.29 is 27.9 Å². The number of benzene rings is 1. The Bertz CT molecular complexity index is 500. The molecule has 0 aromatic heterocycles. The van der Waals surface area contributed by atoms with Gasteiger partial charge < -0.3 is 15.3 Å². The third-order valence-electron chi connectivity index (χ3n) is 2.34. The molecule has 20 heavy (non-hydrogen) atoms. The second kappa shape index (κ2) is 6.78. The smallest absolute Gasteiger partial charge is 0.323 e. The van der Waals surface area contributed by atoms with Gasteiger partial charge in [0, 0.05) is 24.4 Å². The zero-order valence-electron chi connectivity index (χ0n) is 10.6. The van der Waals surface area contributed by atoms with Crippen LogP contribution in [0.4, 0.5) is 23.7 Å². The van der Waals surface area contributed by atoms with E-state index in [0.717, 1.165) is 4.90 Å². The minimum Gasteiger partial charge on any atom is -0.480 e. The van der Waals surface area contributed by atoms with Crippen molar-refractivity contribution >= 4 is 17.7 Å². The molecule has 2 amide bonds. The molecule has 1 aromatic carbocycles. The summed E-state index contributed by atoms with van der Waals surface area (Å²) in [4.78, 5) is 23.3. The Kier molecular flexibility index (Phi) is 5.36. The lowest BCUT2D eigenvalue weighted by molar-refractivity contribution is -0.137. The fourth-order valence-corrected chi connectivity index (χ4v) is 1.52. The van der Waals surface area contributed by atoms with Crippen LogP contribution in [-0.4, -0.2) is 35.1 Å². The Morgan fingerprint density at radius 3 is 2.25 bits per heavy atom. The van der Waals surface area contributed by atoms with Gasteiger partial charge in [0.1, 0.15) is 6.54 Å². The molecule has 0 spiro atoms. The molecule has 5 nitrogen and oxygen atoms in total. The molecule has 0 saturated carbocycles. The van der Waals surface area contributed by atoms with Crippen LogP contribution in [0.1, 0.15) is 13.3 Å². The predicted octanol–water partition coefficient (Wildman–Crippen LogP) is 2.43. The average Bonchev–Trinajstić information content (AvgIpc) is 2.34. The van der Waals surface area contributed by atoms with E-state index in [-0.39, 0.29) is 12.2 Å². The second-order valence-corrected chi connectivity index (χ2v) is 4.00. The maximum absolute atomic E-state index is 13.0. The standard InChI is InChI=1S/C12H13F3N2O3/c1-2-3-17(6-10(18)19)12(20)16-7-4-8(13)11(15)9(14)5-7/h4-5H,2-3,6H2,1H3,(H,16,20)(H,18,19). The normalized spacial score (nSPS) is 10.2. The summed E-state index contributed by atoms with van der Waals surface area (Å²) in [6, 6.07) is 0.391. The largest absolute Gasteiger partial charge is 0.480 e.